The van der Waals surface area contributed by atoms with Gasteiger partial charge in [0.1, 0.15) is 5.75 Å². The molecule has 0 aromatic heterocycles. The highest BCUT2D eigenvalue weighted by Crippen LogP contribution is 2.22. The van der Waals surface area contributed by atoms with Crippen molar-refractivity contribution in [2.45, 2.75) is 10.9 Å². The van der Waals surface area contributed by atoms with Gasteiger partial charge in [-0.2, -0.15) is 0 Å². The first-order valence-electron chi connectivity index (χ1n) is 8.11. The Morgan fingerprint density at radius 2 is 1.85 bits per heavy atom. The van der Waals surface area contributed by atoms with Crippen LogP contribution in [-0.2, 0) is 9.84 Å². The molecule has 0 radical (unpaired) electrons. The lowest BCUT2D eigenvalue weighted by molar-refractivity contribution is 0.0941. The molecule has 2 rings (SSSR count). The lowest BCUT2D eigenvalue weighted by Gasteiger charge is -2.25. The van der Waals surface area contributed by atoms with E-state index in [1.165, 1.54) is 12.1 Å². The normalized spacial score (nSPS) is 12.7. The van der Waals surface area contributed by atoms with Gasteiger partial charge in [0.15, 0.2) is 9.84 Å². The molecule has 0 bridgehead atoms. The molecule has 0 spiro atoms. The van der Waals surface area contributed by atoms with E-state index in [-0.39, 0.29) is 16.8 Å². The molecule has 0 saturated heterocycles. The monoisotopic (exact) mass is 376 g/mol. The van der Waals surface area contributed by atoms with Gasteiger partial charge in [-0.25, -0.2) is 8.42 Å². The topological polar surface area (TPSA) is 75.7 Å². The number of amides is 1. The maximum absolute atomic E-state index is 12.5. The fourth-order valence-electron chi connectivity index (χ4n) is 2.61. The van der Waals surface area contributed by atoms with Gasteiger partial charge in [-0.05, 0) is 50.0 Å². The minimum atomic E-state index is -3.36. The van der Waals surface area contributed by atoms with Crippen molar-refractivity contribution in [1.82, 2.24) is 10.2 Å². The second kappa shape index (κ2) is 8.33. The van der Waals surface area contributed by atoms with E-state index < -0.39 is 9.84 Å². The highest BCUT2D eigenvalue weighted by Gasteiger charge is 2.17. The molecule has 1 unspecified atom stereocenters. The first-order valence-corrected chi connectivity index (χ1v) is 10.00. The number of methoxy groups -OCH3 is 1. The maximum atomic E-state index is 12.5. The zero-order valence-electron chi connectivity index (χ0n) is 15.4. The summed E-state index contributed by atoms with van der Waals surface area (Å²) in [5, 5.41) is 2.88. The molecule has 0 aliphatic heterocycles. The molecule has 0 aliphatic carbocycles. The molecular formula is C19H24N2O4S. The Kier molecular flexibility index (Phi) is 6.39. The standard InChI is InChI=1S/C19H24N2O4S/c1-21(2)18(14-7-5-9-16(11-14)25-3)13-20-19(22)15-8-6-10-17(12-15)26(4,23)24/h5-12,18H,13H2,1-4H3,(H,20,22). The van der Waals surface area contributed by atoms with Gasteiger partial charge in [-0.1, -0.05) is 18.2 Å². The summed E-state index contributed by atoms with van der Waals surface area (Å²) in [4.78, 5) is 14.6. The summed E-state index contributed by atoms with van der Waals surface area (Å²) in [6.07, 6.45) is 1.12. The fourth-order valence-corrected chi connectivity index (χ4v) is 3.27. The number of likely N-dealkylation sites (N-methyl/N-ethyl adjacent to an activating group) is 1. The van der Waals surface area contributed by atoms with E-state index in [4.69, 9.17) is 4.74 Å². The minimum Gasteiger partial charge on any atom is -0.497 e. The van der Waals surface area contributed by atoms with Crippen LogP contribution >= 0.6 is 0 Å². The van der Waals surface area contributed by atoms with Crippen LogP contribution in [0.3, 0.4) is 0 Å². The van der Waals surface area contributed by atoms with Crippen LogP contribution in [0.2, 0.25) is 0 Å². The van der Waals surface area contributed by atoms with Gasteiger partial charge in [-0.15, -0.1) is 0 Å². The molecule has 0 heterocycles. The van der Waals surface area contributed by atoms with E-state index in [9.17, 15) is 13.2 Å². The SMILES string of the molecule is COc1cccc(C(CNC(=O)c2cccc(S(C)(=O)=O)c2)N(C)C)c1. The molecule has 2 aromatic rings. The maximum Gasteiger partial charge on any atom is 0.251 e. The molecule has 140 valence electrons. The first kappa shape index (κ1) is 19.9. The quantitative estimate of drug-likeness (QED) is 0.801. The van der Waals surface area contributed by atoms with Crippen LogP contribution in [0.15, 0.2) is 53.4 Å². The molecule has 1 amide bonds. The predicted octanol–water partition coefficient (Wildman–Crippen LogP) is 2.13. The van der Waals surface area contributed by atoms with Gasteiger partial charge in [0, 0.05) is 18.4 Å². The molecule has 6 nitrogen and oxygen atoms in total. The lowest BCUT2D eigenvalue weighted by atomic mass is 10.1. The van der Waals surface area contributed by atoms with Crippen LogP contribution in [-0.4, -0.2) is 53.2 Å². The van der Waals surface area contributed by atoms with Crippen LogP contribution in [0.4, 0.5) is 0 Å². The third-order valence-corrected chi connectivity index (χ3v) is 5.19. The molecular weight excluding hydrogens is 352 g/mol. The smallest absolute Gasteiger partial charge is 0.251 e. The van der Waals surface area contributed by atoms with E-state index in [1.807, 2.05) is 43.3 Å². The Morgan fingerprint density at radius 3 is 2.46 bits per heavy atom. The van der Waals surface area contributed by atoms with E-state index in [1.54, 1.807) is 19.2 Å². The number of rotatable bonds is 7. The van der Waals surface area contributed by atoms with Crippen LogP contribution in [0.25, 0.3) is 0 Å². The summed E-state index contributed by atoms with van der Waals surface area (Å²) in [5.74, 6) is 0.437. The number of hydrogen-bond acceptors (Lipinski definition) is 5. The summed E-state index contributed by atoms with van der Waals surface area (Å²) >= 11 is 0. The predicted molar refractivity (Wildman–Crippen MR) is 101 cm³/mol. The summed E-state index contributed by atoms with van der Waals surface area (Å²) in [5.41, 5.74) is 1.33. The van der Waals surface area contributed by atoms with Crippen molar-refractivity contribution in [1.29, 1.82) is 0 Å². The minimum absolute atomic E-state index is 0.0489. The van der Waals surface area contributed by atoms with Crippen molar-refractivity contribution in [2.24, 2.45) is 0 Å². The molecule has 1 atom stereocenters. The third kappa shape index (κ3) is 5.06. The summed E-state index contributed by atoms with van der Waals surface area (Å²) in [6, 6.07) is 13.7. The number of carbonyl (C=O) groups is 1. The molecule has 0 saturated carbocycles. The number of carbonyl (C=O) groups excluding carboxylic acids is 1. The Hall–Kier alpha value is -2.38. The first-order chi connectivity index (χ1) is 12.2. The van der Waals surface area contributed by atoms with E-state index >= 15 is 0 Å². The number of nitrogens with one attached hydrogen (secondary N) is 1. The average molecular weight is 376 g/mol. The lowest BCUT2D eigenvalue weighted by Crippen LogP contribution is -2.34. The Labute approximate surface area is 154 Å². The molecule has 26 heavy (non-hydrogen) atoms. The van der Waals surface area contributed by atoms with Crippen molar-refractivity contribution in [3.63, 3.8) is 0 Å². The number of benzene rings is 2. The summed E-state index contributed by atoms with van der Waals surface area (Å²) in [7, 11) is 2.12. The second-order valence-corrected chi connectivity index (χ2v) is 8.28. The average Bonchev–Trinajstić information content (AvgIpc) is 2.61. The molecule has 7 heteroatoms. The number of nitrogens with zero attached hydrogens (tertiary/aromatic N) is 1. The highest BCUT2D eigenvalue weighted by molar-refractivity contribution is 7.90. The van der Waals surface area contributed by atoms with Crippen LogP contribution in [0.1, 0.15) is 22.0 Å². The molecule has 0 aliphatic rings. The second-order valence-electron chi connectivity index (χ2n) is 6.27. The third-order valence-electron chi connectivity index (χ3n) is 4.08. The van der Waals surface area contributed by atoms with Crippen molar-refractivity contribution >= 4 is 15.7 Å². The van der Waals surface area contributed by atoms with E-state index in [2.05, 4.69) is 5.32 Å². The Bertz CT molecular complexity index is 879. The zero-order chi connectivity index (χ0) is 19.3. The highest BCUT2D eigenvalue weighted by atomic mass is 32.2. The molecule has 1 N–H and O–H groups in total. The van der Waals surface area contributed by atoms with E-state index in [0.717, 1.165) is 17.6 Å². The largest absolute Gasteiger partial charge is 0.497 e. The number of ether oxygens (including phenoxy) is 1. The number of sulfone groups is 1. The van der Waals surface area contributed by atoms with Crippen molar-refractivity contribution in [3.8, 4) is 5.75 Å². The van der Waals surface area contributed by atoms with Crippen LogP contribution in [0.5, 0.6) is 5.75 Å². The van der Waals surface area contributed by atoms with Gasteiger partial charge in [0.05, 0.1) is 18.0 Å². The molecule has 2 aromatic carbocycles. The van der Waals surface area contributed by atoms with Gasteiger partial charge < -0.3 is 15.0 Å². The van der Waals surface area contributed by atoms with Gasteiger partial charge in [0.2, 0.25) is 0 Å². The Balaban J connectivity index is 2.15. The van der Waals surface area contributed by atoms with Gasteiger partial charge in [-0.3, -0.25) is 4.79 Å². The zero-order valence-corrected chi connectivity index (χ0v) is 16.2. The van der Waals surface area contributed by atoms with Gasteiger partial charge in [0.25, 0.3) is 5.91 Å². The summed E-state index contributed by atoms with van der Waals surface area (Å²) in [6.45, 7) is 0.377. The summed E-state index contributed by atoms with van der Waals surface area (Å²) < 4.78 is 28.6. The van der Waals surface area contributed by atoms with Crippen molar-refractivity contribution in [3.05, 3.63) is 59.7 Å². The fraction of sp³-hybridized carbons (Fsp3) is 0.316. The van der Waals surface area contributed by atoms with Crippen LogP contribution < -0.4 is 10.1 Å². The number of hydrogen-bond donors (Lipinski definition) is 1. The molecule has 0 fully saturated rings. The van der Waals surface area contributed by atoms with Crippen LogP contribution in [0, 0.1) is 0 Å². The van der Waals surface area contributed by atoms with Crippen molar-refractivity contribution < 1.29 is 17.9 Å². The Morgan fingerprint density at radius 1 is 1.15 bits per heavy atom. The van der Waals surface area contributed by atoms with E-state index in [0.29, 0.717) is 12.1 Å². The van der Waals surface area contributed by atoms with Crippen molar-refractivity contribution in [2.75, 3.05) is 34.0 Å². The van der Waals surface area contributed by atoms with Gasteiger partial charge >= 0.3 is 0 Å².